The van der Waals surface area contributed by atoms with Crippen molar-refractivity contribution in [3.63, 3.8) is 0 Å². The Bertz CT molecular complexity index is 615. The Morgan fingerprint density at radius 2 is 2.14 bits per heavy atom. The second kappa shape index (κ2) is 7.57. The van der Waals surface area contributed by atoms with Crippen LogP contribution in [0.15, 0.2) is 29.4 Å². The summed E-state index contributed by atoms with van der Waals surface area (Å²) < 4.78 is 4.30. The molecular weight excluding hydrogens is 296 g/mol. The number of hydrogen-bond acceptors (Lipinski definition) is 7. The molecule has 0 radical (unpaired) electrons. The molecule has 1 atom stereocenters. The molecule has 22 heavy (non-hydrogen) atoms. The van der Waals surface area contributed by atoms with E-state index in [0.29, 0.717) is 0 Å². The summed E-state index contributed by atoms with van der Waals surface area (Å²) in [6.45, 7) is 1.37. The molecule has 1 amide bonds. The van der Waals surface area contributed by atoms with Crippen LogP contribution in [-0.4, -0.2) is 41.0 Å². The Morgan fingerprint density at radius 1 is 1.45 bits per heavy atom. The Hall–Kier alpha value is -3.17. The molecule has 1 rings (SSSR count). The summed E-state index contributed by atoms with van der Waals surface area (Å²) in [4.78, 5) is 32.3. The number of anilines is 1. The third-order valence-corrected chi connectivity index (χ3v) is 2.54. The van der Waals surface area contributed by atoms with Gasteiger partial charge in [-0.05, 0) is 13.0 Å². The Kier molecular flexibility index (Phi) is 5.81. The fraction of sp³-hybridized carbons (Fsp3) is 0.250. The largest absolute Gasteiger partial charge is 0.479 e. The van der Waals surface area contributed by atoms with E-state index in [4.69, 9.17) is 0 Å². The van der Waals surface area contributed by atoms with E-state index >= 15 is 0 Å². The number of aliphatic carboxylic acids is 1. The number of benzene rings is 1. The van der Waals surface area contributed by atoms with Crippen molar-refractivity contribution < 1.29 is 24.4 Å². The lowest BCUT2D eigenvalue weighted by atomic mass is 10.1. The van der Waals surface area contributed by atoms with E-state index in [1.807, 2.05) is 5.43 Å². The van der Waals surface area contributed by atoms with Gasteiger partial charge in [0.1, 0.15) is 0 Å². The number of nitro benzene ring substituents is 1. The molecule has 0 fully saturated rings. The van der Waals surface area contributed by atoms with Gasteiger partial charge in [0.05, 0.1) is 17.7 Å². The lowest BCUT2D eigenvalue weighted by molar-refractivity contribution is -0.384. The van der Waals surface area contributed by atoms with Crippen molar-refractivity contribution in [1.29, 1.82) is 0 Å². The lowest BCUT2D eigenvalue weighted by Gasteiger charge is -2.15. The van der Waals surface area contributed by atoms with Gasteiger partial charge < -0.3 is 15.2 Å². The molecular formula is C12H14N4O6. The predicted molar refractivity (Wildman–Crippen MR) is 76.8 cm³/mol. The highest BCUT2D eigenvalue weighted by atomic mass is 16.6. The number of methoxy groups -OCH3 is 1. The molecule has 10 nitrogen and oxygen atoms in total. The van der Waals surface area contributed by atoms with Gasteiger partial charge in [-0.3, -0.25) is 10.1 Å². The van der Waals surface area contributed by atoms with E-state index in [2.05, 4.69) is 15.2 Å². The Balaban J connectivity index is 2.93. The maximum absolute atomic E-state index is 11.3. The first-order valence-corrected chi connectivity index (χ1v) is 5.97. The molecule has 0 aliphatic rings. The zero-order valence-corrected chi connectivity index (χ0v) is 11.8. The second-order valence-electron chi connectivity index (χ2n) is 4.08. The number of amides is 1. The van der Waals surface area contributed by atoms with Crippen LogP contribution in [0.2, 0.25) is 0 Å². The van der Waals surface area contributed by atoms with Gasteiger partial charge >= 0.3 is 12.1 Å². The van der Waals surface area contributed by atoms with Gasteiger partial charge in [-0.1, -0.05) is 6.07 Å². The van der Waals surface area contributed by atoms with E-state index in [1.165, 1.54) is 31.2 Å². The number of carboxylic acids is 1. The number of carbonyl (C=O) groups is 2. The van der Waals surface area contributed by atoms with Gasteiger partial charge in [0, 0.05) is 17.8 Å². The zero-order valence-electron chi connectivity index (χ0n) is 11.8. The van der Waals surface area contributed by atoms with Crippen LogP contribution in [0.5, 0.6) is 0 Å². The highest BCUT2D eigenvalue weighted by molar-refractivity contribution is 6.06. The number of nitrogens with one attached hydrogen (secondary N) is 2. The van der Waals surface area contributed by atoms with Crippen LogP contribution >= 0.6 is 0 Å². The molecule has 0 spiro atoms. The molecule has 1 aromatic carbocycles. The molecule has 0 saturated heterocycles. The number of rotatable bonds is 6. The Labute approximate surface area is 124 Å². The summed E-state index contributed by atoms with van der Waals surface area (Å²) >= 11 is 0. The number of carbonyl (C=O) groups excluding carboxylic acids is 1. The molecule has 3 N–H and O–H groups in total. The minimum absolute atomic E-state index is 0.0319. The highest BCUT2D eigenvalue weighted by Gasteiger charge is 2.22. The van der Waals surface area contributed by atoms with Crippen molar-refractivity contribution in [3.05, 3.63) is 34.4 Å². The van der Waals surface area contributed by atoms with E-state index in [9.17, 15) is 24.8 Å². The predicted octanol–water partition coefficient (Wildman–Crippen LogP) is 1.19. The number of ether oxygens (including phenoxy) is 1. The first-order chi connectivity index (χ1) is 10.3. The molecule has 0 bridgehead atoms. The SMILES string of the molecule is COC(=O)NN=C(C)C(Nc1cccc([N+](=O)[O-])c1)C(=O)O. The van der Waals surface area contributed by atoms with Crippen LogP contribution in [0.1, 0.15) is 6.92 Å². The first kappa shape index (κ1) is 16.9. The fourth-order valence-electron chi connectivity index (χ4n) is 1.46. The monoisotopic (exact) mass is 310 g/mol. The van der Waals surface area contributed by atoms with Gasteiger partial charge in [-0.25, -0.2) is 15.0 Å². The topological polar surface area (TPSA) is 143 Å². The van der Waals surface area contributed by atoms with Crippen LogP contribution < -0.4 is 10.7 Å². The number of nitro groups is 1. The van der Waals surface area contributed by atoms with E-state index in [-0.39, 0.29) is 17.1 Å². The van der Waals surface area contributed by atoms with Crippen LogP contribution in [0.4, 0.5) is 16.2 Å². The van der Waals surface area contributed by atoms with E-state index < -0.39 is 23.0 Å². The number of nitrogens with zero attached hydrogens (tertiary/aromatic N) is 2. The number of non-ortho nitro benzene ring substituents is 1. The van der Waals surface area contributed by atoms with Gasteiger partial charge in [0.25, 0.3) is 5.69 Å². The average molecular weight is 310 g/mol. The number of carboxylic acid groups (broad SMARTS) is 1. The summed E-state index contributed by atoms with van der Waals surface area (Å²) in [5.41, 5.74) is 2.08. The van der Waals surface area contributed by atoms with Gasteiger partial charge in [-0.15, -0.1) is 0 Å². The van der Waals surface area contributed by atoms with Crippen LogP contribution in [0.25, 0.3) is 0 Å². The van der Waals surface area contributed by atoms with Gasteiger partial charge in [0.2, 0.25) is 0 Å². The van der Waals surface area contributed by atoms with E-state index in [1.54, 1.807) is 0 Å². The highest BCUT2D eigenvalue weighted by Crippen LogP contribution is 2.18. The Morgan fingerprint density at radius 3 is 2.68 bits per heavy atom. The van der Waals surface area contributed by atoms with Crippen molar-refractivity contribution in [1.82, 2.24) is 5.43 Å². The van der Waals surface area contributed by atoms with Crippen molar-refractivity contribution >= 4 is 29.1 Å². The molecule has 0 aliphatic carbocycles. The molecule has 1 unspecified atom stereocenters. The normalized spacial score (nSPS) is 12.2. The minimum Gasteiger partial charge on any atom is -0.479 e. The molecule has 10 heteroatoms. The summed E-state index contributed by atoms with van der Waals surface area (Å²) in [7, 11) is 1.14. The van der Waals surface area contributed by atoms with Crippen molar-refractivity contribution in [3.8, 4) is 0 Å². The quantitative estimate of drug-likeness (QED) is 0.406. The van der Waals surface area contributed by atoms with Crippen molar-refractivity contribution in [2.45, 2.75) is 13.0 Å². The summed E-state index contributed by atoms with van der Waals surface area (Å²) in [6.07, 6.45) is -0.848. The maximum Gasteiger partial charge on any atom is 0.427 e. The third-order valence-electron chi connectivity index (χ3n) is 2.54. The van der Waals surface area contributed by atoms with Crippen LogP contribution in [0.3, 0.4) is 0 Å². The van der Waals surface area contributed by atoms with E-state index in [0.717, 1.165) is 7.11 Å². The smallest absolute Gasteiger partial charge is 0.427 e. The maximum atomic E-state index is 11.3. The fourth-order valence-corrected chi connectivity index (χ4v) is 1.46. The molecule has 0 aliphatic heterocycles. The summed E-state index contributed by atoms with van der Waals surface area (Å²) in [6, 6.07) is 4.08. The summed E-state index contributed by atoms with van der Waals surface area (Å²) in [5, 5.41) is 26.1. The van der Waals surface area contributed by atoms with Crippen molar-refractivity contribution in [2.75, 3.05) is 12.4 Å². The third kappa shape index (κ3) is 4.74. The first-order valence-electron chi connectivity index (χ1n) is 5.97. The second-order valence-corrected chi connectivity index (χ2v) is 4.08. The molecule has 0 heterocycles. The molecule has 1 aromatic rings. The number of hydrogen-bond donors (Lipinski definition) is 3. The lowest BCUT2D eigenvalue weighted by Crippen LogP contribution is -2.37. The minimum atomic E-state index is -1.28. The van der Waals surface area contributed by atoms with Crippen LogP contribution in [-0.2, 0) is 9.53 Å². The number of hydrazone groups is 1. The molecule has 0 saturated carbocycles. The van der Waals surface area contributed by atoms with Gasteiger partial charge in [-0.2, -0.15) is 5.10 Å². The summed E-state index contributed by atoms with van der Waals surface area (Å²) in [5.74, 6) is -1.26. The average Bonchev–Trinajstić information content (AvgIpc) is 2.49. The van der Waals surface area contributed by atoms with Crippen LogP contribution in [0, 0.1) is 10.1 Å². The van der Waals surface area contributed by atoms with Crippen molar-refractivity contribution in [2.24, 2.45) is 5.10 Å². The zero-order chi connectivity index (χ0) is 16.7. The van der Waals surface area contributed by atoms with Gasteiger partial charge in [0.15, 0.2) is 6.04 Å². The molecule has 118 valence electrons. The standard InChI is InChI=1S/C12H14N4O6/c1-7(14-15-12(19)22-2)10(11(17)18)13-8-4-3-5-9(6-8)16(20)21/h3-6,10,13H,1-2H3,(H,15,19)(H,17,18). The molecule has 0 aromatic heterocycles.